The first-order valence-corrected chi connectivity index (χ1v) is 18.3. The summed E-state index contributed by atoms with van der Waals surface area (Å²) < 4.78 is 55.7. The van der Waals surface area contributed by atoms with E-state index in [4.69, 9.17) is 52.1 Å². The zero-order valence-electron chi connectivity index (χ0n) is 32.0. The highest BCUT2D eigenvalue weighted by molar-refractivity contribution is 5.73. The van der Waals surface area contributed by atoms with Gasteiger partial charge in [0, 0.05) is 14.2 Å². The second-order valence-corrected chi connectivity index (χ2v) is 14.5. The number of rotatable bonds is 15. The number of aliphatic carboxylic acids is 5. The largest absolute Gasteiger partial charge is 0.547 e. The predicted octanol–water partition coefficient (Wildman–Crippen LogP) is -16.8. The molecule has 5 saturated heterocycles. The standard InChI is InChI=1S/C32H46O31/c1-53-13-3(33)9(39)29(60-18(13)23(43)44)56-15-5(35)11(41)31(62-20(15)25(47)48)58-17-7(37)12(42)32(63-22(17)27(51)52)57-16-6(36)10(40)30(61-21(16)26(49)50)55-14-4(34)8(38)28(54-2)59-19(14)24(45)46/h3-22,28-42H,1-2H3,(H,43,44)(H,45,46)(H,47,48)(H,49,50)(H,51,52)/p-5/t3-,4-,5?,6?,7?,8?,9?,10?,11?,12+,13-,14-,15-,16-,17-,18?,19?,20+,21+,22?,28+,29+,30+,31+,32+/m0/s1. The van der Waals surface area contributed by atoms with Crippen molar-refractivity contribution < 1.29 is 153 Å². The van der Waals surface area contributed by atoms with Crippen molar-refractivity contribution in [3.63, 3.8) is 0 Å². The molecule has 0 amide bonds. The van der Waals surface area contributed by atoms with E-state index in [0.29, 0.717) is 0 Å². The number of carboxylic acid groups (broad SMARTS) is 5. The van der Waals surface area contributed by atoms with Gasteiger partial charge in [-0.15, -0.1) is 0 Å². The Bertz CT molecular complexity index is 1630. The third-order valence-corrected chi connectivity index (χ3v) is 10.6. The van der Waals surface area contributed by atoms with E-state index < -0.39 is 183 Å². The van der Waals surface area contributed by atoms with E-state index in [0.717, 1.165) is 14.2 Å². The van der Waals surface area contributed by atoms with Crippen molar-refractivity contribution in [2.24, 2.45) is 0 Å². The first-order valence-electron chi connectivity index (χ1n) is 18.3. The number of carbonyl (C=O) groups is 5. The Kier molecular flexibility index (Phi) is 16.3. The number of hydrogen-bond acceptors (Lipinski definition) is 31. The summed E-state index contributed by atoms with van der Waals surface area (Å²) in [5, 5.41) is 167. The van der Waals surface area contributed by atoms with Gasteiger partial charge >= 0.3 is 0 Å². The predicted molar refractivity (Wildman–Crippen MR) is 166 cm³/mol. The van der Waals surface area contributed by atoms with Crippen LogP contribution in [-0.4, -0.2) is 249 Å². The molecule has 0 radical (unpaired) electrons. The topological polar surface area (TPSA) is 504 Å². The van der Waals surface area contributed by atoms with Crippen molar-refractivity contribution in [2.75, 3.05) is 14.2 Å². The van der Waals surface area contributed by atoms with Crippen LogP contribution in [0.4, 0.5) is 0 Å². The number of hydrogen-bond donors (Lipinski definition) is 10. The summed E-state index contributed by atoms with van der Waals surface area (Å²) in [6.45, 7) is 0. The highest BCUT2D eigenvalue weighted by Crippen LogP contribution is 2.36. The van der Waals surface area contributed by atoms with Crippen molar-refractivity contribution >= 4 is 29.8 Å². The Morgan fingerprint density at radius 3 is 0.714 bits per heavy atom. The van der Waals surface area contributed by atoms with Gasteiger partial charge in [-0.2, -0.15) is 0 Å². The molecule has 0 aromatic heterocycles. The smallest absolute Gasteiger partial charge is 0.187 e. The summed E-state index contributed by atoms with van der Waals surface area (Å²) in [5.74, 6) is -11.0. The van der Waals surface area contributed by atoms with Crippen molar-refractivity contribution in [3.05, 3.63) is 0 Å². The number of carboxylic acids is 5. The zero-order chi connectivity index (χ0) is 47.1. The lowest BCUT2D eigenvalue weighted by molar-refractivity contribution is -0.406. The van der Waals surface area contributed by atoms with E-state index in [-0.39, 0.29) is 0 Å². The average Bonchev–Trinajstić information content (AvgIpc) is 3.22. The monoisotopic (exact) mass is 921 g/mol. The molecule has 0 aromatic rings. The van der Waals surface area contributed by atoms with Crippen LogP contribution in [0.5, 0.6) is 0 Å². The minimum absolute atomic E-state index is 0.932. The average molecular weight is 922 g/mol. The number of carbonyl (C=O) groups excluding carboxylic acids is 5. The number of methoxy groups -OCH3 is 2. The Labute approximate surface area is 350 Å². The molecular formula is C32H41O31-5. The lowest BCUT2D eigenvalue weighted by Crippen LogP contribution is -2.70. The molecule has 5 fully saturated rings. The molecule has 0 bridgehead atoms. The first kappa shape index (κ1) is 50.5. The molecule has 0 spiro atoms. The number of aliphatic hydroxyl groups excluding tert-OH is 10. The fourth-order valence-electron chi connectivity index (χ4n) is 7.27. The van der Waals surface area contributed by atoms with Gasteiger partial charge in [-0.05, 0) is 0 Å². The normalized spacial score (nSPS) is 48.2. The van der Waals surface area contributed by atoms with E-state index in [1.807, 2.05) is 0 Å². The van der Waals surface area contributed by atoms with Gasteiger partial charge in [0.15, 0.2) is 31.5 Å². The molecular weight excluding hydrogens is 880 g/mol. The molecule has 25 atom stereocenters. The highest BCUT2D eigenvalue weighted by Gasteiger charge is 2.57. The quantitative estimate of drug-likeness (QED) is 0.0729. The third-order valence-electron chi connectivity index (χ3n) is 10.6. The Balaban J connectivity index is 1.30. The maximum Gasteiger partial charge on any atom is 0.187 e. The molecule has 31 nitrogen and oxygen atoms in total. The van der Waals surface area contributed by atoms with Crippen LogP contribution in [0.25, 0.3) is 0 Å². The van der Waals surface area contributed by atoms with Crippen LogP contribution in [0.15, 0.2) is 0 Å². The Morgan fingerprint density at radius 2 is 0.508 bits per heavy atom. The van der Waals surface area contributed by atoms with E-state index in [1.54, 1.807) is 0 Å². The summed E-state index contributed by atoms with van der Waals surface area (Å²) in [4.78, 5) is 59.9. The van der Waals surface area contributed by atoms with E-state index in [9.17, 15) is 101 Å². The van der Waals surface area contributed by atoms with Gasteiger partial charge in [0.1, 0.15) is 122 Å². The Hall–Kier alpha value is -3.49. The molecule has 0 aliphatic carbocycles. The van der Waals surface area contributed by atoms with Crippen LogP contribution in [0, 0.1) is 0 Å². The fourth-order valence-corrected chi connectivity index (χ4v) is 7.27. The van der Waals surface area contributed by atoms with E-state index in [2.05, 4.69) is 0 Å². The number of aliphatic hydroxyl groups is 10. The van der Waals surface area contributed by atoms with Gasteiger partial charge in [-0.3, -0.25) is 0 Å². The Morgan fingerprint density at radius 1 is 0.317 bits per heavy atom. The lowest BCUT2D eigenvalue weighted by atomic mass is 9.95. The maximum absolute atomic E-state index is 12.3. The van der Waals surface area contributed by atoms with Crippen molar-refractivity contribution in [3.8, 4) is 0 Å². The fraction of sp³-hybridized carbons (Fsp3) is 0.844. The summed E-state index contributed by atoms with van der Waals surface area (Å²) in [5.41, 5.74) is 0. The van der Waals surface area contributed by atoms with Crippen molar-refractivity contribution in [1.29, 1.82) is 0 Å². The van der Waals surface area contributed by atoms with E-state index >= 15 is 0 Å². The third kappa shape index (κ3) is 10.0. The molecule has 0 aromatic carbocycles. The summed E-state index contributed by atoms with van der Waals surface area (Å²) in [7, 11) is 1.90. The molecule has 360 valence electrons. The summed E-state index contributed by atoms with van der Waals surface area (Å²) in [6, 6.07) is 0. The van der Waals surface area contributed by atoms with Crippen molar-refractivity contribution in [2.45, 2.75) is 154 Å². The molecule has 5 aliphatic heterocycles. The van der Waals surface area contributed by atoms with Crippen LogP contribution in [0.3, 0.4) is 0 Å². The van der Waals surface area contributed by atoms with Gasteiger partial charge in [0.25, 0.3) is 0 Å². The molecule has 31 heteroatoms. The minimum Gasteiger partial charge on any atom is -0.547 e. The zero-order valence-corrected chi connectivity index (χ0v) is 32.0. The summed E-state index contributed by atoms with van der Waals surface area (Å²) >= 11 is 0. The summed E-state index contributed by atoms with van der Waals surface area (Å²) in [6.07, 6.45) is -59.1. The molecule has 5 heterocycles. The second-order valence-electron chi connectivity index (χ2n) is 14.5. The minimum atomic E-state index is -2.69. The molecule has 10 unspecified atom stereocenters. The maximum atomic E-state index is 12.3. The number of ether oxygens (including phenoxy) is 11. The van der Waals surface area contributed by atoms with Crippen LogP contribution in [-0.2, 0) is 76.1 Å². The molecule has 0 saturated carbocycles. The van der Waals surface area contributed by atoms with Crippen LogP contribution in [0.1, 0.15) is 0 Å². The SMILES string of the molecule is CO[C@@H]1OC(C(=O)[O-])[C@@H](O[C@@H]2O[C@@H](C(=O)[O-])[C@@H](O[C@@H]3OC(C(=O)[O-])[C@@H](O[C@@H]4O[C@@H](C(=O)[O-])[C@@H](O[C@@H]5OC(C(=O)[O-])[C@@H](OC)[C@@H](O)C5O)C(O)C4O)C(O)[C@H]3O)C(O)C2O)[C@@H](O)C1O. The van der Waals surface area contributed by atoms with Gasteiger partial charge < -0.3 is 153 Å². The molecule has 63 heavy (non-hydrogen) atoms. The van der Waals surface area contributed by atoms with Gasteiger partial charge in [-0.25, -0.2) is 0 Å². The van der Waals surface area contributed by atoms with Gasteiger partial charge in [0.2, 0.25) is 0 Å². The second kappa shape index (κ2) is 20.4. The first-order chi connectivity index (χ1) is 29.5. The molecule has 5 aliphatic rings. The van der Waals surface area contributed by atoms with Gasteiger partial charge in [0.05, 0.1) is 29.8 Å². The lowest BCUT2D eigenvalue weighted by Gasteiger charge is -2.50. The van der Waals surface area contributed by atoms with Crippen LogP contribution >= 0.6 is 0 Å². The van der Waals surface area contributed by atoms with Crippen molar-refractivity contribution in [1.82, 2.24) is 0 Å². The van der Waals surface area contributed by atoms with E-state index in [1.165, 1.54) is 0 Å². The van der Waals surface area contributed by atoms with Crippen LogP contribution < -0.4 is 25.5 Å². The van der Waals surface area contributed by atoms with Gasteiger partial charge in [-0.1, -0.05) is 0 Å². The van der Waals surface area contributed by atoms with Crippen LogP contribution in [0.2, 0.25) is 0 Å². The molecule has 10 N–H and O–H groups in total. The highest BCUT2D eigenvalue weighted by atomic mass is 16.8. The molecule has 5 rings (SSSR count).